The molecule has 3 saturated heterocycles. The molecule has 2 spiro atoms. The first-order chi connectivity index (χ1) is 32.7. The highest BCUT2D eigenvalue weighted by molar-refractivity contribution is 6.19. The van der Waals surface area contributed by atoms with Crippen LogP contribution in [-0.2, 0) is 28.5 Å². The molecule has 69 heavy (non-hydrogen) atoms. The Balaban J connectivity index is 1.16. The second-order valence-corrected chi connectivity index (χ2v) is 20.4. The van der Waals surface area contributed by atoms with Crippen LogP contribution >= 0.6 is 0 Å². The molecular formula is C52H64N6O11. The van der Waals surface area contributed by atoms with Crippen molar-refractivity contribution in [3.05, 3.63) is 82.5 Å². The van der Waals surface area contributed by atoms with Crippen molar-refractivity contribution >= 4 is 39.9 Å². The third-order valence-electron chi connectivity index (χ3n) is 15.3. The normalized spacial score (nSPS) is 34.4. The first kappa shape index (κ1) is 48.2. The molecule has 7 aliphatic rings. The molecule has 1 aromatic heterocycles. The van der Waals surface area contributed by atoms with Gasteiger partial charge in [-0.25, -0.2) is 4.79 Å². The molecule has 3 fully saturated rings. The number of likely N-dealkylation sites (tertiary alicyclic amines) is 1. The zero-order valence-corrected chi connectivity index (χ0v) is 41.2. The summed E-state index contributed by atoms with van der Waals surface area (Å²) in [5, 5.41) is 30.4. The molecule has 1 unspecified atom stereocenters. The maximum Gasteiger partial charge on any atom is 0.411 e. The van der Waals surface area contributed by atoms with Gasteiger partial charge in [0, 0.05) is 92.9 Å². The van der Waals surface area contributed by atoms with Crippen molar-refractivity contribution in [2.45, 2.75) is 123 Å². The van der Waals surface area contributed by atoms with Crippen LogP contribution < -0.4 is 26.1 Å². The molecule has 10 rings (SSSR count). The van der Waals surface area contributed by atoms with Crippen molar-refractivity contribution in [1.29, 1.82) is 0 Å². The number of ketones is 1. The van der Waals surface area contributed by atoms with Gasteiger partial charge >= 0.3 is 11.9 Å². The molecule has 368 valence electrons. The molecule has 10 atom stereocenters. The highest BCUT2D eigenvalue weighted by Crippen LogP contribution is 2.67. The van der Waals surface area contributed by atoms with Crippen LogP contribution in [0, 0.1) is 36.5 Å². The van der Waals surface area contributed by atoms with Gasteiger partial charge in [0.2, 0.25) is 0 Å². The zero-order chi connectivity index (χ0) is 49.5. The fourth-order valence-electron chi connectivity index (χ4n) is 11.6. The molecule has 17 nitrogen and oxygen atoms in total. The van der Waals surface area contributed by atoms with Gasteiger partial charge in [-0.2, -0.15) is 0 Å². The van der Waals surface area contributed by atoms with E-state index < -0.39 is 70.4 Å². The minimum Gasteiger partial charge on any atom is -0.507 e. The maximum atomic E-state index is 15.0. The van der Waals surface area contributed by atoms with Crippen molar-refractivity contribution in [2.24, 2.45) is 39.6 Å². The number of anilines is 2. The van der Waals surface area contributed by atoms with Gasteiger partial charge in [0.1, 0.15) is 34.2 Å². The van der Waals surface area contributed by atoms with Crippen LogP contribution in [0.25, 0.3) is 10.8 Å². The number of Topliss-reactive ketones (excluding diaryl/α,β-unsaturated/α-hetero) is 1. The Bertz CT molecular complexity index is 2820. The predicted molar refractivity (Wildman–Crippen MR) is 255 cm³/mol. The lowest BCUT2D eigenvalue weighted by Crippen LogP contribution is -2.48. The number of epoxide rings is 1. The summed E-state index contributed by atoms with van der Waals surface area (Å²) in [6, 6.07) is 3.41. The number of aromatic hydroxyl groups is 2. The highest BCUT2D eigenvalue weighted by Gasteiger charge is 2.81. The van der Waals surface area contributed by atoms with E-state index in [2.05, 4.69) is 41.3 Å². The summed E-state index contributed by atoms with van der Waals surface area (Å²) in [5.74, 6) is -5.70. The summed E-state index contributed by atoms with van der Waals surface area (Å²) in [5.41, 5.74) is -0.851. The van der Waals surface area contributed by atoms with E-state index in [-0.39, 0.29) is 67.7 Å². The van der Waals surface area contributed by atoms with Crippen LogP contribution in [0.1, 0.15) is 91.1 Å². The van der Waals surface area contributed by atoms with E-state index in [9.17, 15) is 24.6 Å². The fraction of sp³-hybridized carbons (Fsp3) is 0.538. The average molecular weight is 949 g/mol. The van der Waals surface area contributed by atoms with Crippen LogP contribution in [0.5, 0.6) is 17.2 Å². The Morgan fingerprint density at radius 2 is 1.74 bits per heavy atom. The summed E-state index contributed by atoms with van der Waals surface area (Å²) in [7, 11) is 1.53. The zero-order valence-electron chi connectivity index (χ0n) is 41.2. The molecule has 17 heteroatoms. The van der Waals surface area contributed by atoms with Crippen LogP contribution in [0.15, 0.2) is 70.7 Å². The van der Waals surface area contributed by atoms with Crippen LogP contribution in [-0.4, -0.2) is 106 Å². The third kappa shape index (κ3) is 7.94. The average Bonchev–Trinajstić information content (AvgIpc) is 3.48. The van der Waals surface area contributed by atoms with Crippen molar-refractivity contribution in [3.63, 3.8) is 0 Å². The van der Waals surface area contributed by atoms with Gasteiger partial charge in [0.25, 0.3) is 11.7 Å². The van der Waals surface area contributed by atoms with Crippen LogP contribution in [0.4, 0.5) is 16.2 Å². The molecule has 7 bridgehead atoms. The van der Waals surface area contributed by atoms with E-state index in [1.54, 1.807) is 50.4 Å². The van der Waals surface area contributed by atoms with Crippen molar-refractivity contribution in [3.8, 4) is 17.2 Å². The minimum atomic E-state index is -1.96. The Morgan fingerprint density at radius 1 is 1.01 bits per heavy atom. The van der Waals surface area contributed by atoms with E-state index in [0.717, 1.165) is 6.54 Å². The van der Waals surface area contributed by atoms with E-state index in [4.69, 9.17) is 38.4 Å². The van der Waals surface area contributed by atoms with E-state index in [1.807, 2.05) is 33.8 Å². The number of nitrogens with zero attached hydrogens (tertiary/aromatic N) is 4. The monoisotopic (exact) mass is 948 g/mol. The Morgan fingerprint density at radius 3 is 2.42 bits per heavy atom. The minimum absolute atomic E-state index is 0.0214. The Hall–Kier alpha value is -5.88. The number of carbonyl (C=O) groups excluding carboxylic acids is 3. The molecule has 0 saturated carbocycles. The molecule has 3 aromatic rings. The first-order valence-corrected chi connectivity index (χ1v) is 24.0. The molecule has 0 aliphatic carbocycles. The van der Waals surface area contributed by atoms with Gasteiger partial charge in [0.05, 0.1) is 46.7 Å². The number of phenolic OH excluding ortho intramolecular Hbond substituents is 2. The number of carbonyl (C=O) groups is 3. The number of hydrogen-bond acceptors (Lipinski definition) is 15. The number of allylic oxidation sites excluding steroid dienone is 2. The Kier molecular flexibility index (Phi) is 12.2. The lowest BCUT2D eigenvalue weighted by Gasteiger charge is -2.37. The molecular weight excluding hydrogens is 885 g/mol. The summed E-state index contributed by atoms with van der Waals surface area (Å²) in [6.45, 7) is 21.3. The maximum absolute atomic E-state index is 15.0. The molecule has 8 heterocycles. The lowest BCUT2D eigenvalue weighted by atomic mass is 9.72. The van der Waals surface area contributed by atoms with E-state index in [1.165, 1.54) is 26.5 Å². The second-order valence-electron chi connectivity index (χ2n) is 20.4. The number of amides is 2. The number of hydrogen-bond donors (Lipinski definition) is 4. The van der Waals surface area contributed by atoms with Crippen LogP contribution in [0.3, 0.4) is 0 Å². The smallest absolute Gasteiger partial charge is 0.411 e. The Labute approximate surface area is 401 Å². The molecule has 7 aliphatic heterocycles. The van der Waals surface area contributed by atoms with Crippen molar-refractivity contribution in [1.82, 2.24) is 9.88 Å². The summed E-state index contributed by atoms with van der Waals surface area (Å²) in [4.78, 5) is 59.7. The van der Waals surface area contributed by atoms with Gasteiger partial charge in [-0.05, 0) is 44.9 Å². The number of piperidine rings is 1. The SMILES string of the molecule is CO[C@H]1/C=C/O[C@@]2(C)Oc3c(C)c(O)c4c(O)c(c5c(c4c3C2=O)=NC2(CCN(CC(C)C)CC2)N=5)NC(=O)/C(C)=C\C=C\[C@H](C)[C@@H]2OC3(C)O[C@]3([C@@H]2C)[C@@H](C)[C@H](OC(=O)Nc2cccnc2)[C@@H]1C. The summed E-state index contributed by atoms with van der Waals surface area (Å²) < 4.78 is 38.3. The van der Waals surface area contributed by atoms with Gasteiger partial charge in [0.15, 0.2) is 17.2 Å². The number of methoxy groups -OCH3 is 1. The van der Waals surface area contributed by atoms with Gasteiger partial charge in [-0.1, -0.05) is 59.8 Å². The molecule has 4 N–H and O–H groups in total. The third-order valence-corrected chi connectivity index (χ3v) is 15.3. The van der Waals surface area contributed by atoms with Gasteiger partial charge in [-0.15, -0.1) is 0 Å². The number of benzene rings is 2. The predicted octanol–water partition coefficient (Wildman–Crippen LogP) is 6.99. The topological polar surface area (TPSA) is 215 Å². The standard InChI is InChI=1S/C52H64N6O11/c1-26(2)25-58-21-18-51(19-22-58)56-38-35-36-41(59)30(6)45-37(35)46(61)49(9,67-45)65-23-17-34(64-11)29(5)44(66-48(63)54-33-16-13-20-53-24-33)32(8)52-31(7)43(68-50(52,10)69-52)27(3)14-12-15-28(4)47(62)55-40(42(36)60)39(38)57-51/h12-17,20,23-24,26-27,29,31-32,34,43-44,59-60H,18-19,21-22,25H2,1-11H3,(H,54,63)(H,55,62)/b14-12+,23-17+,28-15-/t27-,29+,31+,32-,34-,43-,44+,49-,50?,52+/m0/s1. The summed E-state index contributed by atoms with van der Waals surface area (Å²) in [6.07, 6.45) is 10.0. The number of rotatable bonds is 5. The summed E-state index contributed by atoms with van der Waals surface area (Å²) >= 11 is 0. The molecule has 2 aromatic carbocycles. The van der Waals surface area contributed by atoms with E-state index >= 15 is 0 Å². The lowest BCUT2D eigenvalue weighted by molar-refractivity contribution is -0.112. The van der Waals surface area contributed by atoms with Crippen molar-refractivity contribution < 1.29 is 53.0 Å². The number of pyridine rings is 1. The highest BCUT2D eigenvalue weighted by atomic mass is 16.8. The van der Waals surface area contributed by atoms with E-state index in [0.29, 0.717) is 43.1 Å². The van der Waals surface area contributed by atoms with Crippen LogP contribution in [0.2, 0.25) is 0 Å². The quantitative estimate of drug-likeness (QED) is 0.150. The molecule has 0 radical (unpaired) electrons. The second kappa shape index (κ2) is 17.5. The number of ether oxygens (including phenoxy) is 6. The number of nitrogens with one attached hydrogen (secondary N) is 2. The van der Waals surface area contributed by atoms with Gasteiger partial charge < -0.3 is 48.9 Å². The largest absolute Gasteiger partial charge is 0.507 e. The fourth-order valence-corrected chi connectivity index (χ4v) is 11.6. The van der Waals surface area contributed by atoms with Crippen molar-refractivity contribution in [2.75, 3.05) is 37.4 Å². The number of phenols is 2. The number of fused-ring (bicyclic) bond motifs is 9. The number of aromatic nitrogens is 1. The first-order valence-electron chi connectivity index (χ1n) is 24.0. The van der Waals surface area contributed by atoms with Gasteiger partial charge in [-0.3, -0.25) is 29.9 Å². The molecule has 2 amide bonds.